The molecule has 0 heterocycles. The van der Waals surface area contributed by atoms with E-state index in [1.807, 2.05) is 0 Å². The molecule has 0 aliphatic heterocycles. The molecule has 1 aromatic rings. The van der Waals surface area contributed by atoms with E-state index < -0.39 is 33.0 Å². The van der Waals surface area contributed by atoms with Gasteiger partial charge < -0.3 is 29.5 Å². The second-order valence-electron chi connectivity index (χ2n) is 4.10. The van der Waals surface area contributed by atoms with Crippen molar-refractivity contribution in [1.82, 2.24) is 0 Å². The predicted molar refractivity (Wildman–Crippen MR) is 71.8 cm³/mol. The summed E-state index contributed by atoms with van der Waals surface area (Å²) < 4.78 is 22.8. The fourth-order valence-electron chi connectivity index (χ4n) is 1.27. The third-order valence-electron chi connectivity index (χ3n) is 2.37. The number of aliphatic hydroxyl groups excluding tert-OH is 4. The number of aliphatic hydroxyl groups is 4. The van der Waals surface area contributed by atoms with Crippen molar-refractivity contribution in [3.05, 3.63) is 30.3 Å². The van der Waals surface area contributed by atoms with E-state index in [-0.39, 0.29) is 18.5 Å². The zero-order valence-electron chi connectivity index (χ0n) is 10.8. The fourth-order valence-corrected chi connectivity index (χ4v) is 2.92. The van der Waals surface area contributed by atoms with Gasteiger partial charge in [0.2, 0.25) is 0 Å². The van der Waals surface area contributed by atoms with Crippen molar-refractivity contribution < 1.29 is 34.0 Å². The molecule has 0 fully saturated rings. The zero-order chi connectivity index (χ0) is 15.0. The fraction of sp³-hybridized carbons (Fsp3) is 0.500. The second-order valence-corrected chi connectivity index (χ2v) is 6.13. The molecule has 20 heavy (non-hydrogen) atoms. The highest BCUT2D eigenvalue weighted by atomic mass is 31.2. The van der Waals surface area contributed by atoms with Crippen molar-refractivity contribution >= 4 is 12.9 Å². The topological polar surface area (TPSA) is 116 Å². The third kappa shape index (κ3) is 5.30. The number of hydrogen-bond acceptors (Lipinski definition) is 7. The summed E-state index contributed by atoms with van der Waals surface area (Å²) in [5.74, 6) is 0. The maximum atomic E-state index is 12.6. The molecule has 0 saturated heterocycles. The molecule has 0 spiro atoms. The molecule has 0 aromatic heterocycles. The lowest BCUT2D eigenvalue weighted by atomic mass is 10.4. The van der Waals surface area contributed by atoms with Crippen LogP contribution in [0.25, 0.3) is 0 Å². The Morgan fingerprint density at radius 2 is 1.40 bits per heavy atom. The van der Waals surface area contributed by atoms with Crippen molar-refractivity contribution in [2.75, 3.05) is 26.4 Å². The Balaban J connectivity index is 2.80. The maximum absolute atomic E-state index is 12.6. The van der Waals surface area contributed by atoms with Crippen LogP contribution in [0, 0.1) is 0 Å². The largest absolute Gasteiger partial charge is 0.394 e. The van der Waals surface area contributed by atoms with Gasteiger partial charge in [0, 0.05) is 0 Å². The van der Waals surface area contributed by atoms with Gasteiger partial charge in [-0.15, -0.1) is 0 Å². The minimum Gasteiger partial charge on any atom is -0.394 e. The molecule has 1 rings (SSSR count). The van der Waals surface area contributed by atoms with Gasteiger partial charge in [-0.3, -0.25) is 4.57 Å². The number of hydrogen-bond donors (Lipinski definition) is 4. The summed E-state index contributed by atoms with van der Waals surface area (Å²) in [7, 11) is -3.75. The molecular weight excluding hydrogens is 287 g/mol. The molecule has 0 aliphatic rings. The Hall–Kier alpha value is -0.790. The minimum absolute atomic E-state index is 0.260. The van der Waals surface area contributed by atoms with E-state index in [2.05, 4.69) is 0 Å². The van der Waals surface area contributed by atoms with Gasteiger partial charge in [0.05, 0.1) is 31.7 Å². The summed E-state index contributed by atoms with van der Waals surface area (Å²) in [6.07, 6.45) is -2.36. The Morgan fingerprint density at radius 3 is 1.80 bits per heavy atom. The number of rotatable bonds is 9. The van der Waals surface area contributed by atoms with E-state index in [0.29, 0.717) is 0 Å². The molecule has 0 amide bonds. The van der Waals surface area contributed by atoms with Gasteiger partial charge in [-0.1, -0.05) is 18.2 Å². The van der Waals surface area contributed by atoms with Crippen LogP contribution in [-0.2, 0) is 13.6 Å². The summed E-state index contributed by atoms with van der Waals surface area (Å²) in [6, 6.07) is 8.05. The quantitative estimate of drug-likeness (QED) is 0.443. The van der Waals surface area contributed by atoms with Crippen LogP contribution in [0.4, 0.5) is 0 Å². The van der Waals surface area contributed by atoms with Gasteiger partial charge in [0.15, 0.2) is 0 Å². The van der Waals surface area contributed by atoms with Gasteiger partial charge in [0.25, 0.3) is 0 Å². The summed E-state index contributed by atoms with van der Waals surface area (Å²) in [5, 5.41) is 36.2. The average molecular weight is 306 g/mol. The molecule has 4 N–H and O–H groups in total. The summed E-state index contributed by atoms with van der Waals surface area (Å²) in [6.45, 7) is -1.82. The van der Waals surface area contributed by atoms with Gasteiger partial charge in [0.1, 0.15) is 12.2 Å². The summed E-state index contributed by atoms with van der Waals surface area (Å²) in [4.78, 5) is 0. The average Bonchev–Trinajstić information content (AvgIpc) is 2.51. The van der Waals surface area contributed by atoms with Crippen LogP contribution in [0.2, 0.25) is 0 Å². The first-order valence-corrected chi connectivity index (χ1v) is 7.58. The van der Waals surface area contributed by atoms with E-state index >= 15 is 0 Å². The molecule has 7 nitrogen and oxygen atoms in total. The molecule has 8 heteroatoms. The van der Waals surface area contributed by atoms with Crippen LogP contribution in [0.1, 0.15) is 0 Å². The van der Waals surface area contributed by atoms with Gasteiger partial charge in [-0.2, -0.15) is 0 Å². The van der Waals surface area contributed by atoms with Crippen LogP contribution < -0.4 is 5.30 Å². The summed E-state index contributed by atoms with van der Waals surface area (Å²) >= 11 is 0. The van der Waals surface area contributed by atoms with Gasteiger partial charge in [-0.05, 0) is 12.1 Å². The highest BCUT2D eigenvalue weighted by Crippen LogP contribution is 2.47. The van der Waals surface area contributed by atoms with Gasteiger partial charge in [-0.25, -0.2) is 0 Å². The zero-order valence-corrected chi connectivity index (χ0v) is 11.7. The van der Waals surface area contributed by atoms with Crippen molar-refractivity contribution in [3.8, 4) is 0 Å². The smallest absolute Gasteiger partial charge is 0.361 e. The molecule has 2 atom stereocenters. The second kappa shape index (κ2) is 8.49. The number of benzene rings is 1. The standard InChI is InChI=1S/C12H19O7P/c13-6-10(15)8-18-20(17,19-9-11(16)7-14)12-4-2-1-3-5-12/h1-5,10-11,13-16H,6-9H2. The van der Waals surface area contributed by atoms with Crippen molar-refractivity contribution in [3.63, 3.8) is 0 Å². The minimum atomic E-state index is -3.75. The van der Waals surface area contributed by atoms with Crippen LogP contribution in [0.15, 0.2) is 30.3 Å². The lowest BCUT2D eigenvalue weighted by Crippen LogP contribution is -2.24. The first-order chi connectivity index (χ1) is 9.51. The van der Waals surface area contributed by atoms with Crippen LogP contribution in [0.5, 0.6) is 0 Å². The van der Waals surface area contributed by atoms with Crippen molar-refractivity contribution in [2.45, 2.75) is 12.2 Å². The first kappa shape index (κ1) is 17.3. The Labute approximate surface area is 116 Å². The summed E-state index contributed by atoms with van der Waals surface area (Å²) in [5.41, 5.74) is 0. The van der Waals surface area contributed by atoms with E-state index in [9.17, 15) is 14.8 Å². The van der Waals surface area contributed by atoms with Crippen LogP contribution in [-0.4, -0.2) is 59.1 Å². The van der Waals surface area contributed by atoms with E-state index in [4.69, 9.17) is 19.3 Å². The maximum Gasteiger partial charge on any atom is 0.361 e. The van der Waals surface area contributed by atoms with E-state index in [1.54, 1.807) is 18.2 Å². The normalized spacial score (nSPS) is 17.4. The molecule has 0 saturated carbocycles. The SMILES string of the molecule is O=P(OCC(O)CO)(OCC(O)CO)c1ccccc1. The van der Waals surface area contributed by atoms with Crippen LogP contribution >= 0.6 is 7.60 Å². The Bertz CT molecular complexity index is 407. The molecular formula is C12H19O7P. The predicted octanol–water partition coefficient (Wildman–Crippen LogP) is -0.755. The Morgan fingerprint density at radius 1 is 0.950 bits per heavy atom. The molecule has 0 radical (unpaired) electrons. The highest BCUT2D eigenvalue weighted by Gasteiger charge is 2.29. The van der Waals surface area contributed by atoms with Gasteiger partial charge >= 0.3 is 7.60 Å². The first-order valence-electron chi connectivity index (χ1n) is 6.04. The van der Waals surface area contributed by atoms with Crippen molar-refractivity contribution in [2.24, 2.45) is 0 Å². The Kier molecular flexibility index (Phi) is 7.32. The highest BCUT2D eigenvalue weighted by molar-refractivity contribution is 7.62. The molecule has 0 aliphatic carbocycles. The van der Waals surface area contributed by atoms with Crippen LogP contribution in [0.3, 0.4) is 0 Å². The van der Waals surface area contributed by atoms with E-state index in [1.165, 1.54) is 12.1 Å². The molecule has 1 aromatic carbocycles. The lowest BCUT2D eigenvalue weighted by Gasteiger charge is -2.21. The molecule has 2 unspecified atom stereocenters. The van der Waals surface area contributed by atoms with E-state index in [0.717, 1.165) is 0 Å². The third-order valence-corrected chi connectivity index (χ3v) is 4.28. The van der Waals surface area contributed by atoms with Crippen molar-refractivity contribution in [1.29, 1.82) is 0 Å². The molecule has 0 bridgehead atoms. The lowest BCUT2D eigenvalue weighted by molar-refractivity contribution is 0.0307. The molecule has 114 valence electrons. The monoisotopic (exact) mass is 306 g/mol.